The molecule has 0 saturated heterocycles. The maximum Gasteiger partial charge on any atom is 0.123 e. The first-order valence-electron chi connectivity index (χ1n) is 7.49. The SMILES string of the molecule is Cc1csc(-c2ccc(OCC(O)c3ccc(C#N)cc3)cc2)n1. The highest BCUT2D eigenvalue weighted by Gasteiger charge is 2.09. The molecule has 3 aromatic rings. The number of ether oxygens (including phenoxy) is 1. The number of aromatic nitrogens is 1. The molecule has 0 aliphatic carbocycles. The predicted octanol–water partition coefficient (Wildman–Crippen LogP) is 4.10. The second-order valence-corrected chi connectivity index (χ2v) is 6.24. The molecule has 1 heterocycles. The molecule has 120 valence electrons. The lowest BCUT2D eigenvalue weighted by Gasteiger charge is -2.13. The second kappa shape index (κ2) is 7.26. The molecule has 0 amide bonds. The van der Waals surface area contributed by atoms with E-state index in [9.17, 15) is 5.11 Å². The minimum absolute atomic E-state index is 0.154. The highest BCUT2D eigenvalue weighted by molar-refractivity contribution is 7.13. The van der Waals surface area contributed by atoms with Crippen LogP contribution in [0.1, 0.15) is 22.9 Å². The zero-order chi connectivity index (χ0) is 16.9. The van der Waals surface area contributed by atoms with Crippen molar-refractivity contribution in [3.63, 3.8) is 0 Å². The van der Waals surface area contributed by atoms with Crippen LogP contribution in [0.4, 0.5) is 0 Å². The van der Waals surface area contributed by atoms with Gasteiger partial charge in [0.05, 0.1) is 11.6 Å². The lowest BCUT2D eigenvalue weighted by molar-refractivity contribution is 0.108. The molecule has 4 nitrogen and oxygen atoms in total. The molecule has 2 aromatic carbocycles. The van der Waals surface area contributed by atoms with Gasteiger partial charge in [0.15, 0.2) is 0 Å². The molecule has 0 fully saturated rings. The molecule has 24 heavy (non-hydrogen) atoms. The van der Waals surface area contributed by atoms with Gasteiger partial charge in [-0.05, 0) is 48.9 Å². The van der Waals surface area contributed by atoms with Gasteiger partial charge in [-0.25, -0.2) is 4.98 Å². The van der Waals surface area contributed by atoms with Crippen molar-refractivity contribution in [1.82, 2.24) is 4.98 Å². The van der Waals surface area contributed by atoms with E-state index in [2.05, 4.69) is 11.1 Å². The fraction of sp³-hybridized carbons (Fsp3) is 0.158. The van der Waals surface area contributed by atoms with Crippen molar-refractivity contribution >= 4 is 11.3 Å². The van der Waals surface area contributed by atoms with Crippen LogP contribution in [0.3, 0.4) is 0 Å². The molecule has 1 aromatic heterocycles. The first kappa shape index (κ1) is 16.2. The van der Waals surface area contributed by atoms with E-state index in [4.69, 9.17) is 10.00 Å². The van der Waals surface area contributed by atoms with Gasteiger partial charge in [0.25, 0.3) is 0 Å². The van der Waals surface area contributed by atoms with Gasteiger partial charge in [-0.3, -0.25) is 0 Å². The molecule has 0 radical (unpaired) electrons. The molecular formula is C19H16N2O2S. The van der Waals surface area contributed by atoms with Crippen LogP contribution in [0.2, 0.25) is 0 Å². The molecule has 0 aliphatic rings. The Bertz CT molecular complexity index is 848. The zero-order valence-electron chi connectivity index (χ0n) is 13.1. The van der Waals surface area contributed by atoms with E-state index in [-0.39, 0.29) is 6.61 Å². The molecule has 0 aliphatic heterocycles. The quantitative estimate of drug-likeness (QED) is 0.761. The predicted molar refractivity (Wildman–Crippen MR) is 93.9 cm³/mol. The topological polar surface area (TPSA) is 66.1 Å². The minimum atomic E-state index is -0.737. The van der Waals surface area contributed by atoms with Crippen molar-refractivity contribution in [2.75, 3.05) is 6.61 Å². The normalized spacial score (nSPS) is 11.7. The third-order valence-corrected chi connectivity index (χ3v) is 4.56. The summed E-state index contributed by atoms with van der Waals surface area (Å²) in [6.45, 7) is 2.13. The van der Waals surface area contributed by atoms with Crippen LogP contribution in [-0.4, -0.2) is 16.7 Å². The number of benzene rings is 2. The van der Waals surface area contributed by atoms with Gasteiger partial charge in [-0.2, -0.15) is 5.26 Å². The average Bonchev–Trinajstić information content (AvgIpc) is 3.06. The fourth-order valence-corrected chi connectivity index (χ4v) is 3.04. The molecule has 1 unspecified atom stereocenters. The molecular weight excluding hydrogens is 320 g/mol. The Balaban J connectivity index is 1.60. The standard InChI is InChI=1S/C19H16N2O2S/c1-13-12-24-19(21-13)16-6-8-17(9-7-16)23-11-18(22)15-4-2-14(10-20)3-5-15/h2-9,12,18,22H,11H2,1H3. The van der Waals surface area contributed by atoms with E-state index in [1.807, 2.05) is 36.6 Å². The van der Waals surface area contributed by atoms with Crippen molar-refractivity contribution in [3.8, 4) is 22.4 Å². The number of aryl methyl sites for hydroxylation is 1. The first-order valence-corrected chi connectivity index (χ1v) is 8.37. The Morgan fingerprint density at radius 3 is 2.46 bits per heavy atom. The van der Waals surface area contributed by atoms with E-state index in [1.54, 1.807) is 35.6 Å². The van der Waals surface area contributed by atoms with Crippen LogP contribution in [0.15, 0.2) is 53.9 Å². The van der Waals surface area contributed by atoms with Crippen LogP contribution in [-0.2, 0) is 0 Å². The molecule has 1 atom stereocenters. The maximum atomic E-state index is 10.2. The zero-order valence-corrected chi connectivity index (χ0v) is 14.0. The summed E-state index contributed by atoms with van der Waals surface area (Å²) in [4.78, 5) is 4.45. The first-order chi connectivity index (χ1) is 11.7. The summed E-state index contributed by atoms with van der Waals surface area (Å²) in [5.41, 5.74) is 3.36. The Morgan fingerprint density at radius 2 is 1.88 bits per heavy atom. The number of aliphatic hydroxyl groups is 1. The average molecular weight is 336 g/mol. The lowest BCUT2D eigenvalue weighted by atomic mass is 10.1. The highest BCUT2D eigenvalue weighted by Crippen LogP contribution is 2.26. The summed E-state index contributed by atoms with van der Waals surface area (Å²) >= 11 is 1.61. The molecule has 0 saturated carbocycles. The molecule has 0 bridgehead atoms. The maximum absolute atomic E-state index is 10.2. The Morgan fingerprint density at radius 1 is 1.17 bits per heavy atom. The number of hydrogen-bond donors (Lipinski definition) is 1. The van der Waals surface area contributed by atoms with Gasteiger partial charge in [0, 0.05) is 16.6 Å². The van der Waals surface area contributed by atoms with Crippen LogP contribution < -0.4 is 4.74 Å². The van der Waals surface area contributed by atoms with E-state index in [0.29, 0.717) is 11.3 Å². The number of nitrogens with zero attached hydrogens (tertiary/aromatic N) is 2. The minimum Gasteiger partial charge on any atom is -0.491 e. The Kier molecular flexibility index (Phi) is 4.90. The number of rotatable bonds is 5. The van der Waals surface area contributed by atoms with Crippen LogP contribution >= 0.6 is 11.3 Å². The lowest BCUT2D eigenvalue weighted by Crippen LogP contribution is -2.09. The number of aliphatic hydroxyl groups excluding tert-OH is 1. The summed E-state index contributed by atoms with van der Waals surface area (Å²) in [5, 5.41) is 22.0. The summed E-state index contributed by atoms with van der Waals surface area (Å²) in [6, 6.07) is 16.6. The van der Waals surface area contributed by atoms with Gasteiger partial charge < -0.3 is 9.84 Å². The van der Waals surface area contributed by atoms with Gasteiger partial charge in [-0.1, -0.05) is 12.1 Å². The number of hydrogen-bond acceptors (Lipinski definition) is 5. The Labute approximate surface area is 144 Å². The molecule has 0 spiro atoms. The molecule has 1 N–H and O–H groups in total. The smallest absolute Gasteiger partial charge is 0.123 e. The summed E-state index contributed by atoms with van der Waals surface area (Å²) in [5.74, 6) is 0.694. The van der Waals surface area contributed by atoms with E-state index in [0.717, 1.165) is 21.8 Å². The third kappa shape index (κ3) is 3.80. The van der Waals surface area contributed by atoms with Crippen LogP contribution in [0, 0.1) is 18.3 Å². The van der Waals surface area contributed by atoms with Crippen molar-refractivity contribution in [2.45, 2.75) is 13.0 Å². The monoisotopic (exact) mass is 336 g/mol. The molecule has 3 rings (SSSR count). The summed E-state index contributed by atoms with van der Waals surface area (Å²) in [6.07, 6.45) is -0.737. The van der Waals surface area contributed by atoms with E-state index in [1.165, 1.54) is 0 Å². The fourth-order valence-electron chi connectivity index (χ4n) is 2.23. The molecule has 5 heteroatoms. The third-order valence-electron chi connectivity index (χ3n) is 3.55. The number of thiazole rings is 1. The highest BCUT2D eigenvalue weighted by atomic mass is 32.1. The van der Waals surface area contributed by atoms with E-state index >= 15 is 0 Å². The summed E-state index contributed by atoms with van der Waals surface area (Å²) in [7, 11) is 0. The van der Waals surface area contributed by atoms with Gasteiger partial charge in [0.1, 0.15) is 23.5 Å². The van der Waals surface area contributed by atoms with Gasteiger partial charge in [-0.15, -0.1) is 11.3 Å². The van der Waals surface area contributed by atoms with Crippen LogP contribution in [0.5, 0.6) is 5.75 Å². The Hall–Kier alpha value is -2.68. The van der Waals surface area contributed by atoms with Crippen molar-refractivity contribution in [1.29, 1.82) is 5.26 Å². The van der Waals surface area contributed by atoms with Crippen LogP contribution in [0.25, 0.3) is 10.6 Å². The number of nitriles is 1. The van der Waals surface area contributed by atoms with Crippen molar-refractivity contribution < 1.29 is 9.84 Å². The second-order valence-electron chi connectivity index (χ2n) is 5.38. The van der Waals surface area contributed by atoms with Crippen molar-refractivity contribution in [2.24, 2.45) is 0 Å². The van der Waals surface area contributed by atoms with Crippen molar-refractivity contribution in [3.05, 3.63) is 70.7 Å². The van der Waals surface area contributed by atoms with E-state index < -0.39 is 6.10 Å². The summed E-state index contributed by atoms with van der Waals surface area (Å²) < 4.78 is 5.64. The largest absolute Gasteiger partial charge is 0.491 e. The van der Waals surface area contributed by atoms with Gasteiger partial charge in [0.2, 0.25) is 0 Å². The van der Waals surface area contributed by atoms with Gasteiger partial charge >= 0.3 is 0 Å².